The van der Waals surface area contributed by atoms with Crippen molar-refractivity contribution in [3.8, 4) is 55.6 Å². The second-order valence-electron chi connectivity index (χ2n) is 11.8. The Bertz CT molecular complexity index is 2340. The molecule has 3 nitrogen and oxygen atoms in total. The lowest BCUT2D eigenvalue weighted by atomic mass is 9.89. The molecule has 0 radical (unpaired) electrons. The van der Waals surface area contributed by atoms with Crippen LogP contribution in [-0.2, 0) is 11.5 Å². The Morgan fingerprint density at radius 3 is 1.61 bits per heavy atom. The van der Waals surface area contributed by atoms with E-state index in [9.17, 15) is 0 Å². The lowest BCUT2D eigenvalue weighted by Gasteiger charge is -2.15. The van der Waals surface area contributed by atoms with E-state index in [0.717, 1.165) is 55.7 Å². The third kappa shape index (κ3) is 4.79. The van der Waals surface area contributed by atoms with Crippen molar-refractivity contribution in [1.82, 2.24) is 9.97 Å². The van der Waals surface area contributed by atoms with Crippen molar-refractivity contribution in [3.63, 3.8) is 0 Å². The quantitative estimate of drug-likeness (QED) is 0.199. The number of pyridine rings is 2. The second kappa shape index (κ2) is 11.2. The molecule has 0 aliphatic carbocycles. The molecule has 46 heavy (non-hydrogen) atoms. The van der Waals surface area contributed by atoms with Gasteiger partial charge in [-0.1, -0.05) is 60.7 Å². The van der Waals surface area contributed by atoms with E-state index in [1.807, 2.05) is 60.8 Å². The van der Waals surface area contributed by atoms with Crippen LogP contribution in [0.5, 0.6) is 0 Å². The molecule has 4 heterocycles. The number of nitrogens with zero attached hydrogens (tertiary/aromatic N) is 2. The number of aromatic nitrogens is 2. The lowest BCUT2D eigenvalue weighted by molar-refractivity contribution is 0.669. The standard InChI is InChI=1S/C42H28N2OS/c1-2-8-41-37(7-1)40-22-28(13-14-42(40)45-41)27-9-11-32-25-46-26-33-12-10-29(21-39(33)38(32)20-27)34-17-35(30-5-3-15-43-23-30)19-36(18-34)31-6-4-16-44-24-31/h1-24H,25-26H2. The van der Waals surface area contributed by atoms with Gasteiger partial charge in [0, 0.05) is 58.2 Å². The molecule has 0 spiro atoms. The first-order valence-corrected chi connectivity index (χ1v) is 16.6. The summed E-state index contributed by atoms with van der Waals surface area (Å²) < 4.78 is 6.12. The van der Waals surface area contributed by atoms with E-state index in [1.54, 1.807) is 0 Å². The predicted octanol–water partition coefficient (Wildman–Crippen LogP) is 11.5. The fourth-order valence-electron chi connectivity index (χ4n) is 6.64. The zero-order valence-electron chi connectivity index (χ0n) is 25.0. The molecule has 0 atom stereocenters. The highest BCUT2D eigenvalue weighted by atomic mass is 32.2. The van der Waals surface area contributed by atoms with E-state index in [0.29, 0.717) is 0 Å². The van der Waals surface area contributed by atoms with Crippen LogP contribution in [0.2, 0.25) is 0 Å². The molecule has 0 saturated carbocycles. The van der Waals surface area contributed by atoms with Crippen LogP contribution in [0.1, 0.15) is 11.1 Å². The van der Waals surface area contributed by atoms with E-state index in [-0.39, 0.29) is 0 Å². The van der Waals surface area contributed by atoms with E-state index in [1.165, 1.54) is 44.5 Å². The fourth-order valence-corrected chi connectivity index (χ4v) is 7.68. The maximum atomic E-state index is 6.12. The number of para-hydroxylation sites is 1. The highest BCUT2D eigenvalue weighted by Gasteiger charge is 2.18. The van der Waals surface area contributed by atoms with Gasteiger partial charge in [0.25, 0.3) is 0 Å². The molecule has 5 aromatic carbocycles. The summed E-state index contributed by atoms with van der Waals surface area (Å²) in [5.74, 6) is 1.98. The van der Waals surface area contributed by atoms with Crippen molar-refractivity contribution in [2.45, 2.75) is 11.5 Å². The summed E-state index contributed by atoms with van der Waals surface area (Å²) in [6.07, 6.45) is 7.51. The van der Waals surface area contributed by atoms with E-state index in [4.69, 9.17) is 4.42 Å². The van der Waals surface area contributed by atoms with Crippen molar-refractivity contribution in [3.05, 3.63) is 157 Å². The topological polar surface area (TPSA) is 38.9 Å². The van der Waals surface area contributed by atoms with Crippen LogP contribution in [0, 0.1) is 0 Å². The number of thioether (sulfide) groups is 1. The van der Waals surface area contributed by atoms with Gasteiger partial charge < -0.3 is 4.42 Å². The summed E-state index contributed by atoms with van der Waals surface area (Å²) in [7, 11) is 0. The summed E-state index contributed by atoms with van der Waals surface area (Å²) in [4.78, 5) is 8.80. The SMILES string of the molecule is c1cncc(-c2cc(-c3cccnc3)cc(-c3ccc4c(c3)-c3cc(-c5ccc6oc7ccccc7c6c5)ccc3CSC4)c2)c1. The monoisotopic (exact) mass is 608 g/mol. The van der Waals surface area contributed by atoms with Gasteiger partial charge in [-0.25, -0.2) is 0 Å². The third-order valence-corrected chi connectivity index (χ3v) is 10.0. The molecule has 0 bridgehead atoms. The normalized spacial score (nSPS) is 12.5. The van der Waals surface area contributed by atoms with Crippen molar-refractivity contribution in [1.29, 1.82) is 0 Å². The van der Waals surface area contributed by atoms with Gasteiger partial charge in [-0.3, -0.25) is 9.97 Å². The molecule has 0 unspecified atom stereocenters. The molecule has 0 N–H and O–H groups in total. The number of hydrogen-bond acceptors (Lipinski definition) is 4. The van der Waals surface area contributed by atoms with Gasteiger partial charge in [0.2, 0.25) is 0 Å². The predicted molar refractivity (Wildman–Crippen MR) is 191 cm³/mol. The van der Waals surface area contributed by atoms with Gasteiger partial charge in [-0.15, -0.1) is 0 Å². The van der Waals surface area contributed by atoms with E-state index >= 15 is 0 Å². The van der Waals surface area contributed by atoms with Crippen molar-refractivity contribution < 1.29 is 4.42 Å². The van der Waals surface area contributed by atoms with E-state index in [2.05, 4.69) is 107 Å². The number of fused-ring (bicyclic) bond motifs is 6. The molecule has 218 valence electrons. The van der Waals surface area contributed by atoms with Crippen LogP contribution in [0.4, 0.5) is 0 Å². The lowest BCUT2D eigenvalue weighted by Crippen LogP contribution is -1.92. The Labute approximate surface area is 271 Å². The molecule has 0 fully saturated rings. The largest absolute Gasteiger partial charge is 0.456 e. The molecule has 1 aliphatic rings. The first-order chi connectivity index (χ1) is 22.8. The Hall–Kier alpha value is -5.45. The van der Waals surface area contributed by atoms with Crippen molar-refractivity contribution >= 4 is 33.7 Å². The number of hydrogen-bond donors (Lipinski definition) is 0. The van der Waals surface area contributed by atoms with Crippen LogP contribution >= 0.6 is 11.8 Å². The van der Waals surface area contributed by atoms with Crippen LogP contribution in [0.25, 0.3) is 77.6 Å². The van der Waals surface area contributed by atoms with Gasteiger partial charge in [-0.05, 0) is 116 Å². The number of benzene rings is 5. The van der Waals surface area contributed by atoms with Crippen molar-refractivity contribution in [2.24, 2.45) is 0 Å². The highest BCUT2D eigenvalue weighted by Crippen LogP contribution is 2.42. The van der Waals surface area contributed by atoms with Gasteiger partial charge in [0.15, 0.2) is 0 Å². The molecule has 4 heteroatoms. The van der Waals surface area contributed by atoms with Crippen LogP contribution < -0.4 is 0 Å². The second-order valence-corrected chi connectivity index (χ2v) is 12.8. The van der Waals surface area contributed by atoms with Gasteiger partial charge in [0.05, 0.1) is 0 Å². The average Bonchev–Trinajstić information content (AvgIpc) is 3.40. The number of rotatable bonds is 4. The molecular formula is C42H28N2OS. The molecule has 0 saturated heterocycles. The van der Waals surface area contributed by atoms with Crippen LogP contribution in [0.3, 0.4) is 0 Å². The minimum absolute atomic E-state index is 0.922. The van der Waals surface area contributed by atoms with Crippen LogP contribution in [0.15, 0.2) is 151 Å². The minimum atomic E-state index is 0.922. The highest BCUT2D eigenvalue weighted by molar-refractivity contribution is 7.97. The van der Waals surface area contributed by atoms with E-state index < -0.39 is 0 Å². The van der Waals surface area contributed by atoms with Crippen molar-refractivity contribution in [2.75, 3.05) is 0 Å². The summed E-state index contributed by atoms with van der Waals surface area (Å²) in [6.45, 7) is 0. The maximum Gasteiger partial charge on any atom is 0.135 e. The van der Waals surface area contributed by atoms with Gasteiger partial charge in [0.1, 0.15) is 11.2 Å². The molecule has 0 amide bonds. The zero-order chi connectivity index (χ0) is 30.5. The zero-order valence-corrected chi connectivity index (χ0v) is 25.8. The Balaban J connectivity index is 1.18. The average molecular weight is 609 g/mol. The fraction of sp³-hybridized carbons (Fsp3) is 0.0476. The van der Waals surface area contributed by atoms with Gasteiger partial charge >= 0.3 is 0 Å². The number of furan rings is 1. The van der Waals surface area contributed by atoms with Crippen LogP contribution in [-0.4, -0.2) is 9.97 Å². The first-order valence-electron chi connectivity index (χ1n) is 15.5. The molecule has 9 rings (SSSR count). The first kappa shape index (κ1) is 26.9. The smallest absolute Gasteiger partial charge is 0.135 e. The Morgan fingerprint density at radius 1 is 0.435 bits per heavy atom. The Morgan fingerprint density at radius 2 is 0.978 bits per heavy atom. The summed E-state index contributed by atoms with van der Waals surface area (Å²) in [5, 5.41) is 2.30. The molecule has 3 aromatic heterocycles. The molecule has 1 aliphatic heterocycles. The van der Waals surface area contributed by atoms with Gasteiger partial charge in [-0.2, -0.15) is 11.8 Å². The summed E-state index contributed by atoms with van der Waals surface area (Å²) in [6, 6.07) is 43.8. The molecule has 8 aromatic rings. The Kier molecular flexibility index (Phi) is 6.53. The maximum absolute atomic E-state index is 6.12. The summed E-state index contributed by atoms with van der Waals surface area (Å²) >= 11 is 1.98. The molecular weight excluding hydrogens is 581 g/mol. The summed E-state index contributed by atoms with van der Waals surface area (Å²) in [5.41, 5.74) is 16.5. The minimum Gasteiger partial charge on any atom is -0.456 e. The third-order valence-electron chi connectivity index (χ3n) is 8.99.